The first-order valence-corrected chi connectivity index (χ1v) is 19.2. The molecule has 1 amide bonds. The molecule has 3 aliphatic heterocycles. The van der Waals surface area contributed by atoms with E-state index in [4.69, 9.17) is 25.8 Å². The fraction of sp³-hybridized carbons (Fsp3) is 0.639. The van der Waals surface area contributed by atoms with Crippen LogP contribution in [0.5, 0.6) is 5.75 Å². The summed E-state index contributed by atoms with van der Waals surface area (Å²) in [6, 6.07) is 11.5. The van der Waals surface area contributed by atoms with Crippen LogP contribution in [0.25, 0.3) is 0 Å². The van der Waals surface area contributed by atoms with Crippen LogP contribution in [0.2, 0.25) is 5.02 Å². The minimum Gasteiger partial charge on any atom is -0.490 e. The fourth-order valence-electron chi connectivity index (χ4n) is 8.73. The molecule has 2 N–H and O–H groups in total. The Morgan fingerprint density at radius 3 is 2.57 bits per heavy atom. The molecule has 7 rings (SSSR count). The van der Waals surface area contributed by atoms with Gasteiger partial charge in [-0.3, -0.25) is 4.79 Å². The van der Waals surface area contributed by atoms with Crippen LogP contribution in [0, 0.1) is 23.7 Å². The number of anilines is 1. The first kappa shape index (κ1) is 33.1. The number of nitrogens with zero attached hydrogens (tertiary/aromatic N) is 1. The van der Waals surface area contributed by atoms with Gasteiger partial charge < -0.3 is 24.2 Å². The third kappa shape index (κ3) is 6.53. The van der Waals surface area contributed by atoms with Crippen molar-refractivity contribution in [2.24, 2.45) is 23.7 Å². The number of sulfonamides is 1. The monoisotopic (exact) mass is 686 g/mol. The molecule has 2 fully saturated rings. The third-order valence-corrected chi connectivity index (χ3v) is 13.9. The molecule has 9 nitrogen and oxygen atoms in total. The molecule has 1 saturated carbocycles. The lowest BCUT2D eigenvalue weighted by molar-refractivity contribution is -0.252. The Labute approximate surface area is 283 Å². The van der Waals surface area contributed by atoms with Crippen molar-refractivity contribution >= 4 is 33.2 Å². The molecule has 0 unspecified atom stereocenters. The Hall–Kier alpha value is -2.37. The molecule has 256 valence electrons. The smallest absolute Gasteiger partial charge is 0.264 e. The Kier molecular flexibility index (Phi) is 9.28. The van der Waals surface area contributed by atoms with Gasteiger partial charge in [0.25, 0.3) is 5.91 Å². The molecular weight excluding hydrogens is 640 g/mol. The zero-order chi connectivity index (χ0) is 32.9. The van der Waals surface area contributed by atoms with Crippen LogP contribution in [0.15, 0.2) is 36.4 Å². The second kappa shape index (κ2) is 13.2. The van der Waals surface area contributed by atoms with Gasteiger partial charge in [-0.1, -0.05) is 31.0 Å². The fourth-order valence-corrected chi connectivity index (χ4v) is 10.2. The molecule has 2 aliphatic carbocycles. The predicted octanol–water partition coefficient (Wildman–Crippen LogP) is 5.46. The number of hydrogen-bond acceptors (Lipinski definition) is 8. The average Bonchev–Trinajstić information content (AvgIpc) is 3.18. The predicted molar refractivity (Wildman–Crippen MR) is 180 cm³/mol. The first-order chi connectivity index (χ1) is 22.5. The molecule has 11 heteroatoms. The van der Waals surface area contributed by atoms with Crippen LogP contribution in [0.4, 0.5) is 5.69 Å². The number of hydrogen-bond donors (Lipinski definition) is 2. The average molecular weight is 687 g/mol. The van der Waals surface area contributed by atoms with Gasteiger partial charge in [0.2, 0.25) is 10.0 Å². The number of carbonyl (C=O) groups is 1. The summed E-state index contributed by atoms with van der Waals surface area (Å²) in [6.45, 7) is 6.12. The molecule has 2 aromatic carbocycles. The van der Waals surface area contributed by atoms with E-state index in [9.17, 15) is 18.3 Å². The van der Waals surface area contributed by atoms with Gasteiger partial charge in [-0.15, -0.1) is 0 Å². The van der Waals surface area contributed by atoms with Gasteiger partial charge in [0, 0.05) is 35.0 Å². The largest absolute Gasteiger partial charge is 0.490 e. The number of carbonyl (C=O) groups excluding carboxylic acids is 1. The van der Waals surface area contributed by atoms with Crippen molar-refractivity contribution in [1.82, 2.24) is 4.72 Å². The first-order valence-electron chi connectivity index (χ1n) is 17.3. The zero-order valence-corrected chi connectivity index (χ0v) is 28.9. The highest BCUT2D eigenvalue weighted by Gasteiger charge is 2.46. The number of rotatable bonds is 1. The van der Waals surface area contributed by atoms with E-state index in [1.807, 2.05) is 25.1 Å². The summed E-state index contributed by atoms with van der Waals surface area (Å²) in [6.07, 6.45) is 6.45. The number of amides is 1. The molecule has 5 aliphatic rings. The lowest BCUT2D eigenvalue weighted by Gasteiger charge is -2.48. The Balaban J connectivity index is 1.28. The number of aliphatic hydroxyl groups is 1. The molecule has 6 atom stereocenters. The highest BCUT2D eigenvalue weighted by Crippen LogP contribution is 2.49. The minimum atomic E-state index is -3.92. The van der Waals surface area contributed by atoms with E-state index < -0.39 is 33.6 Å². The van der Waals surface area contributed by atoms with E-state index in [2.05, 4.69) is 21.8 Å². The van der Waals surface area contributed by atoms with Crippen molar-refractivity contribution in [3.63, 3.8) is 0 Å². The molecule has 47 heavy (non-hydrogen) atoms. The van der Waals surface area contributed by atoms with Crippen molar-refractivity contribution in [1.29, 1.82) is 0 Å². The number of benzene rings is 2. The number of halogens is 1. The van der Waals surface area contributed by atoms with E-state index in [1.54, 1.807) is 13.0 Å². The molecule has 0 aromatic heterocycles. The molecule has 1 spiro atoms. The van der Waals surface area contributed by atoms with Crippen LogP contribution in [-0.2, 0) is 31.3 Å². The van der Waals surface area contributed by atoms with Gasteiger partial charge in [0.1, 0.15) is 11.9 Å². The summed E-state index contributed by atoms with van der Waals surface area (Å²) in [5.41, 5.74) is 3.38. The maximum atomic E-state index is 13.5. The number of aryl methyl sites for hydroxylation is 1. The SMILES string of the molecule is C[C@@H]1[C@@H](C)CCC[C@H]([C@H]2OC[C@@H](O)CO2)[C@@H]2CC[C@H]2CN2C[C@@]3(CCCc4cc(Cl)ccc43)COc3ccc(cc32)C(=O)NS1(=O)=O. The molecule has 0 radical (unpaired) electrons. The topological polar surface area (TPSA) is 114 Å². The maximum Gasteiger partial charge on any atom is 0.264 e. The lowest BCUT2D eigenvalue weighted by atomic mass is 9.64. The van der Waals surface area contributed by atoms with Crippen molar-refractivity contribution < 1.29 is 32.5 Å². The second-order valence-corrected chi connectivity index (χ2v) is 17.2. The number of fused-ring (bicyclic) bond motifs is 4. The Morgan fingerprint density at radius 1 is 1.00 bits per heavy atom. The van der Waals surface area contributed by atoms with E-state index in [0.717, 1.165) is 62.2 Å². The van der Waals surface area contributed by atoms with Gasteiger partial charge in [0.05, 0.1) is 30.8 Å². The molecule has 2 bridgehead atoms. The summed E-state index contributed by atoms with van der Waals surface area (Å²) in [7, 11) is -3.92. The normalized spacial score (nSPS) is 35.8. The Bertz CT molecular complexity index is 1600. The van der Waals surface area contributed by atoms with Crippen molar-refractivity contribution in [3.05, 3.63) is 58.1 Å². The van der Waals surface area contributed by atoms with Gasteiger partial charge in [0.15, 0.2) is 6.29 Å². The van der Waals surface area contributed by atoms with Crippen LogP contribution in [-0.4, -0.2) is 70.0 Å². The highest BCUT2D eigenvalue weighted by atomic mass is 35.5. The van der Waals surface area contributed by atoms with E-state index in [-0.39, 0.29) is 30.5 Å². The number of nitrogens with one attached hydrogen (secondary N) is 1. The van der Waals surface area contributed by atoms with Gasteiger partial charge in [-0.25, -0.2) is 13.1 Å². The van der Waals surface area contributed by atoms with Crippen molar-refractivity contribution in [2.75, 3.05) is 37.8 Å². The van der Waals surface area contributed by atoms with Gasteiger partial charge in [-0.2, -0.15) is 0 Å². The van der Waals surface area contributed by atoms with E-state index >= 15 is 0 Å². The summed E-state index contributed by atoms with van der Waals surface area (Å²) in [4.78, 5) is 15.9. The summed E-state index contributed by atoms with van der Waals surface area (Å²) in [5.74, 6) is 0.788. The quantitative estimate of drug-likeness (QED) is 0.407. The van der Waals surface area contributed by atoms with Crippen LogP contribution >= 0.6 is 11.6 Å². The molecule has 2 aromatic rings. The van der Waals surface area contributed by atoms with E-state index in [0.29, 0.717) is 42.7 Å². The van der Waals surface area contributed by atoms with Crippen LogP contribution in [0.1, 0.15) is 80.3 Å². The summed E-state index contributed by atoms with van der Waals surface area (Å²) < 4.78 is 48.0. The van der Waals surface area contributed by atoms with Gasteiger partial charge in [-0.05, 0) is 111 Å². The minimum absolute atomic E-state index is 0.133. The number of aliphatic hydroxyl groups excluding tert-OH is 1. The maximum absolute atomic E-state index is 13.5. The van der Waals surface area contributed by atoms with Crippen molar-refractivity contribution in [3.8, 4) is 5.75 Å². The Morgan fingerprint density at radius 2 is 1.81 bits per heavy atom. The second-order valence-electron chi connectivity index (χ2n) is 14.7. The molecule has 3 heterocycles. The van der Waals surface area contributed by atoms with E-state index in [1.165, 1.54) is 11.1 Å². The summed E-state index contributed by atoms with van der Waals surface area (Å²) >= 11 is 6.44. The highest BCUT2D eigenvalue weighted by molar-refractivity contribution is 7.90. The molecule has 1 saturated heterocycles. The summed E-state index contributed by atoms with van der Waals surface area (Å²) in [5, 5.41) is 10.1. The number of ether oxygens (including phenoxy) is 3. The third-order valence-electron chi connectivity index (χ3n) is 11.8. The lowest BCUT2D eigenvalue weighted by Crippen LogP contribution is -2.51. The van der Waals surface area contributed by atoms with Crippen LogP contribution in [0.3, 0.4) is 0 Å². The standard InChI is InChI=1S/C36H47ClN2O7S/c1-22-5-3-7-30(35-44-18-28(40)19-45-35)29-11-8-26(29)17-39-20-36(14-4-6-24-15-27(37)10-12-31(24)36)21-46-33-13-9-25(16-32(33)39)34(41)38-47(42,43)23(22)2/h9-10,12-13,15-16,22-23,26,28-30,35,40H,3-8,11,14,17-21H2,1-2H3,(H,38,41)/t22-,23+,26-,28-,29+,30-,35+,36-/m0/s1. The van der Waals surface area contributed by atoms with Crippen molar-refractivity contribution in [2.45, 2.75) is 88.3 Å². The molecular formula is C36H47ClN2O7S. The van der Waals surface area contributed by atoms with Gasteiger partial charge >= 0.3 is 0 Å². The zero-order valence-electron chi connectivity index (χ0n) is 27.3. The van der Waals surface area contributed by atoms with Crippen LogP contribution < -0.4 is 14.4 Å².